The number of nitrogens with one attached hydrogen (secondary N) is 1. The average molecular weight is 275 g/mol. The van der Waals surface area contributed by atoms with E-state index >= 15 is 0 Å². The first-order valence-corrected chi connectivity index (χ1v) is 7.63. The summed E-state index contributed by atoms with van der Waals surface area (Å²) in [4.78, 5) is 19.0. The summed E-state index contributed by atoms with van der Waals surface area (Å²) in [5.41, 5.74) is 0.546. The first-order valence-electron chi connectivity index (χ1n) is 7.63. The highest BCUT2D eigenvalue weighted by Crippen LogP contribution is 2.30. The molecule has 1 amide bonds. The topological polar surface area (TPSA) is 45.2 Å². The quantitative estimate of drug-likeness (QED) is 0.831. The second kappa shape index (κ2) is 6.73. The minimum atomic E-state index is 0.0613. The molecule has 20 heavy (non-hydrogen) atoms. The van der Waals surface area contributed by atoms with E-state index in [2.05, 4.69) is 31.1 Å². The van der Waals surface area contributed by atoms with Gasteiger partial charge in [0.2, 0.25) is 0 Å². The Kier molecular flexibility index (Phi) is 4.99. The van der Waals surface area contributed by atoms with Crippen LogP contribution >= 0.6 is 0 Å². The molecule has 4 nitrogen and oxygen atoms in total. The zero-order chi connectivity index (χ0) is 14.5. The average Bonchev–Trinajstić information content (AvgIpc) is 3.21. The minimum Gasteiger partial charge on any atom is -0.368 e. The fourth-order valence-electron chi connectivity index (χ4n) is 2.25. The molecule has 1 fully saturated rings. The molecule has 1 aliphatic carbocycles. The standard InChI is InChI=1S/C16H25N3O/c1-4-10-19(11-13-8-9-13)16(20)14-6-5-7-15(18-14)17-12(2)3/h5-7,12-13H,4,8-11H2,1-3H3,(H,17,18). The molecule has 0 bridgehead atoms. The predicted octanol–water partition coefficient (Wildman–Crippen LogP) is 3.16. The second-order valence-corrected chi connectivity index (χ2v) is 5.90. The Morgan fingerprint density at radius 1 is 1.45 bits per heavy atom. The van der Waals surface area contributed by atoms with E-state index in [9.17, 15) is 4.79 Å². The highest BCUT2D eigenvalue weighted by atomic mass is 16.2. The van der Waals surface area contributed by atoms with Crippen LogP contribution in [0.2, 0.25) is 0 Å². The third-order valence-electron chi connectivity index (χ3n) is 3.36. The van der Waals surface area contributed by atoms with Crippen molar-refractivity contribution < 1.29 is 4.79 Å². The number of amides is 1. The molecular formula is C16H25N3O. The number of carbonyl (C=O) groups is 1. The van der Waals surface area contributed by atoms with Gasteiger partial charge in [0.05, 0.1) is 0 Å². The zero-order valence-corrected chi connectivity index (χ0v) is 12.7. The van der Waals surface area contributed by atoms with Gasteiger partial charge in [0, 0.05) is 19.1 Å². The van der Waals surface area contributed by atoms with Crippen LogP contribution in [-0.4, -0.2) is 34.9 Å². The van der Waals surface area contributed by atoms with Crippen molar-refractivity contribution in [1.29, 1.82) is 0 Å². The molecule has 0 saturated heterocycles. The summed E-state index contributed by atoms with van der Waals surface area (Å²) in [6, 6.07) is 5.92. The molecule has 0 aliphatic heterocycles. The van der Waals surface area contributed by atoms with E-state index in [1.54, 1.807) is 0 Å². The van der Waals surface area contributed by atoms with Crippen LogP contribution in [-0.2, 0) is 0 Å². The van der Waals surface area contributed by atoms with E-state index in [0.717, 1.165) is 25.3 Å². The van der Waals surface area contributed by atoms with Gasteiger partial charge in [-0.15, -0.1) is 0 Å². The predicted molar refractivity (Wildman–Crippen MR) is 81.9 cm³/mol. The molecule has 0 radical (unpaired) electrons. The number of hydrogen-bond donors (Lipinski definition) is 1. The molecule has 1 N–H and O–H groups in total. The SMILES string of the molecule is CCCN(CC1CC1)C(=O)c1cccc(NC(C)C)n1. The van der Waals surface area contributed by atoms with Crippen molar-refractivity contribution >= 4 is 11.7 Å². The summed E-state index contributed by atoms with van der Waals surface area (Å²) in [5, 5.41) is 3.24. The Bertz CT molecular complexity index is 455. The van der Waals surface area contributed by atoms with Gasteiger partial charge < -0.3 is 10.2 Å². The Morgan fingerprint density at radius 3 is 2.80 bits per heavy atom. The van der Waals surface area contributed by atoms with E-state index in [1.807, 2.05) is 23.1 Å². The molecule has 0 spiro atoms. The van der Waals surface area contributed by atoms with Crippen LogP contribution in [0, 0.1) is 5.92 Å². The van der Waals surface area contributed by atoms with Gasteiger partial charge in [-0.25, -0.2) is 4.98 Å². The largest absolute Gasteiger partial charge is 0.368 e. The summed E-state index contributed by atoms with van der Waals surface area (Å²) in [7, 11) is 0. The number of pyridine rings is 1. The maximum atomic E-state index is 12.6. The fraction of sp³-hybridized carbons (Fsp3) is 0.625. The number of carbonyl (C=O) groups excluding carboxylic acids is 1. The van der Waals surface area contributed by atoms with Gasteiger partial charge in [-0.1, -0.05) is 13.0 Å². The number of nitrogens with zero attached hydrogens (tertiary/aromatic N) is 2. The summed E-state index contributed by atoms with van der Waals surface area (Å²) in [5.74, 6) is 1.54. The lowest BCUT2D eigenvalue weighted by molar-refractivity contribution is 0.0742. The van der Waals surface area contributed by atoms with Crippen molar-refractivity contribution in [2.45, 2.75) is 46.1 Å². The molecule has 0 aromatic carbocycles. The van der Waals surface area contributed by atoms with Gasteiger partial charge in [-0.05, 0) is 51.2 Å². The molecule has 2 rings (SSSR count). The van der Waals surface area contributed by atoms with Crippen LogP contribution in [0.4, 0.5) is 5.82 Å². The summed E-state index contributed by atoms with van der Waals surface area (Å²) in [6.07, 6.45) is 3.51. The lowest BCUT2D eigenvalue weighted by Crippen LogP contribution is -2.34. The molecule has 1 aromatic heterocycles. The summed E-state index contributed by atoms with van der Waals surface area (Å²) >= 11 is 0. The Balaban J connectivity index is 2.08. The van der Waals surface area contributed by atoms with Gasteiger partial charge in [0.15, 0.2) is 0 Å². The van der Waals surface area contributed by atoms with E-state index < -0.39 is 0 Å². The Hall–Kier alpha value is -1.58. The minimum absolute atomic E-state index is 0.0613. The second-order valence-electron chi connectivity index (χ2n) is 5.90. The molecule has 1 aliphatic rings. The van der Waals surface area contributed by atoms with Crippen LogP contribution in [0.15, 0.2) is 18.2 Å². The Labute approximate surface area is 121 Å². The van der Waals surface area contributed by atoms with Crippen LogP contribution in [0.3, 0.4) is 0 Å². The van der Waals surface area contributed by atoms with Crippen LogP contribution < -0.4 is 5.32 Å². The lowest BCUT2D eigenvalue weighted by atomic mass is 10.2. The van der Waals surface area contributed by atoms with Gasteiger partial charge >= 0.3 is 0 Å². The molecule has 1 saturated carbocycles. The van der Waals surface area contributed by atoms with Crippen LogP contribution in [0.25, 0.3) is 0 Å². The van der Waals surface area contributed by atoms with Crippen molar-refractivity contribution in [3.8, 4) is 0 Å². The first-order chi connectivity index (χ1) is 9.60. The van der Waals surface area contributed by atoms with Crippen molar-refractivity contribution in [1.82, 2.24) is 9.88 Å². The highest BCUT2D eigenvalue weighted by Gasteiger charge is 2.27. The maximum absolute atomic E-state index is 12.6. The van der Waals surface area contributed by atoms with Crippen LogP contribution in [0.1, 0.15) is 50.5 Å². The van der Waals surface area contributed by atoms with E-state index in [4.69, 9.17) is 0 Å². The molecule has 110 valence electrons. The monoisotopic (exact) mass is 275 g/mol. The van der Waals surface area contributed by atoms with E-state index in [0.29, 0.717) is 17.7 Å². The third-order valence-corrected chi connectivity index (χ3v) is 3.36. The lowest BCUT2D eigenvalue weighted by Gasteiger charge is -2.22. The van der Waals surface area contributed by atoms with Crippen molar-refractivity contribution in [3.05, 3.63) is 23.9 Å². The first kappa shape index (κ1) is 14.8. The smallest absolute Gasteiger partial charge is 0.272 e. The fourth-order valence-corrected chi connectivity index (χ4v) is 2.25. The van der Waals surface area contributed by atoms with Gasteiger partial charge in [-0.3, -0.25) is 4.79 Å². The van der Waals surface area contributed by atoms with Crippen molar-refractivity contribution in [3.63, 3.8) is 0 Å². The summed E-state index contributed by atoms with van der Waals surface area (Å²) in [6.45, 7) is 7.94. The van der Waals surface area contributed by atoms with Gasteiger partial charge in [0.1, 0.15) is 11.5 Å². The van der Waals surface area contributed by atoms with E-state index in [1.165, 1.54) is 12.8 Å². The third kappa shape index (κ3) is 4.22. The molecule has 1 aromatic rings. The zero-order valence-electron chi connectivity index (χ0n) is 12.7. The maximum Gasteiger partial charge on any atom is 0.272 e. The number of anilines is 1. The van der Waals surface area contributed by atoms with Crippen molar-refractivity contribution in [2.75, 3.05) is 18.4 Å². The molecule has 4 heteroatoms. The Morgan fingerprint density at radius 2 is 2.20 bits per heavy atom. The van der Waals surface area contributed by atoms with Gasteiger partial charge in [0.25, 0.3) is 5.91 Å². The van der Waals surface area contributed by atoms with Gasteiger partial charge in [-0.2, -0.15) is 0 Å². The summed E-state index contributed by atoms with van der Waals surface area (Å²) < 4.78 is 0. The molecule has 1 heterocycles. The molecule has 0 unspecified atom stereocenters. The highest BCUT2D eigenvalue weighted by molar-refractivity contribution is 5.92. The van der Waals surface area contributed by atoms with Crippen molar-refractivity contribution in [2.24, 2.45) is 5.92 Å². The molecular weight excluding hydrogens is 250 g/mol. The van der Waals surface area contributed by atoms with E-state index in [-0.39, 0.29) is 5.91 Å². The number of hydrogen-bond acceptors (Lipinski definition) is 3. The molecule has 0 atom stereocenters. The number of aromatic nitrogens is 1. The normalized spacial score (nSPS) is 14.4. The number of rotatable bonds is 7. The van der Waals surface area contributed by atoms with Crippen LogP contribution in [0.5, 0.6) is 0 Å².